The zero-order valence-corrected chi connectivity index (χ0v) is 10.3. The van der Waals surface area contributed by atoms with Gasteiger partial charge in [0.2, 0.25) is 0 Å². The van der Waals surface area contributed by atoms with Crippen molar-refractivity contribution >= 4 is 12.1 Å². The number of carbonyl (C=O) groups is 2. The minimum Gasteiger partial charge on any atom is -0.456 e. The maximum Gasteiger partial charge on any atom is 0.406 e. The number of ether oxygens (including phenoxy) is 2. The molecule has 0 aliphatic rings. The van der Waals surface area contributed by atoms with E-state index in [1.165, 1.54) is 7.05 Å². The molecule has 0 saturated heterocycles. The highest BCUT2D eigenvalue weighted by Crippen LogP contribution is 2.16. The zero-order valence-electron chi connectivity index (χ0n) is 10.3. The number of nitrogens with one attached hydrogen (secondary N) is 1. The van der Waals surface area contributed by atoms with Gasteiger partial charge in [-0.1, -0.05) is 6.58 Å². The standard InChI is InChI=1S/C11H19NO4/c1-8(2)9(13)16-11(3,4)6-7-15-10(14)12-5/h1,6-7H2,2-5H3,(H,12,14). The maximum atomic E-state index is 11.3. The average molecular weight is 229 g/mol. The van der Waals surface area contributed by atoms with Gasteiger partial charge in [0.25, 0.3) is 0 Å². The van der Waals surface area contributed by atoms with Crippen molar-refractivity contribution in [3.05, 3.63) is 12.2 Å². The van der Waals surface area contributed by atoms with E-state index in [0.29, 0.717) is 12.0 Å². The molecule has 0 radical (unpaired) electrons. The van der Waals surface area contributed by atoms with Crippen LogP contribution in [0.5, 0.6) is 0 Å². The van der Waals surface area contributed by atoms with Crippen LogP contribution in [0.4, 0.5) is 4.79 Å². The molecule has 16 heavy (non-hydrogen) atoms. The van der Waals surface area contributed by atoms with Crippen LogP contribution in [0, 0.1) is 0 Å². The summed E-state index contributed by atoms with van der Waals surface area (Å²) < 4.78 is 9.97. The first kappa shape index (κ1) is 14.5. The van der Waals surface area contributed by atoms with Crippen molar-refractivity contribution in [3.63, 3.8) is 0 Å². The Balaban J connectivity index is 4.00. The lowest BCUT2D eigenvalue weighted by atomic mass is 10.1. The number of alkyl carbamates (subject to hydrolysis) is 1. The first-order chi connectivity index (χ1) is 7.28. The van der Waals surface area contributed by atoms with Crippen molar-refractivity contribution in [2.75, 3.05) is 13.7 Å². The van der Waals surface area contributed by atoms with E-state index in [-0.39, 0.29) is 6.61 Å². The summed E-state index contributed by atoms with van der Waals surface area (Å²) in [4.78, 5) is 22.0. The lowest BCUT2D eigenvalue weighted by Gasteiger charge is -2.24. The summed E-state index contributed by atoms with van der Waals surface area (Å²) in [6.45, 7) is 8.77. The van der Waals surface area contributed by atoms with Crippen LogP contribution in [0.3, 0.4) is 0 Å². The summed E-state index contributed by atoms with van der Waals surface area (Å²) in [7, 11) is 1.48. The first-order valence-corrected chi connectivity index (χ1v) is 5.02. The van der Waals surface area contributed by atoms with Crippen LogP contribution in [0.15, 0.2) is 12.2 Å². The molecule has 1 amide bonds. The molecule has 0 heterocycles. The molecule has 0 atom stereocenters. The minimum absolute atomic E-state index is 0.191. The van der Waals surface area contributed by atoms with Crippen LogP contribution in [-0.2, 0) is 14.3 Å². The summed E-state index contributed by atoms with van der Waals surface area (Å²) in [5.74, 6) is -0.440. The minimum atomic E-state index is -0.677. The number of hydrogen-bond acceptors (Lipinski definition) is 4. The Hall–Kier alpha value is -1.52. The molecule has 0 aromatic carbocycles. The Morgan fingerprint density at radius 3 is 2.38 bits per heavy atom. The fourth-order valence-corrected chi connectivity index (χ4v) is 0.851. The molecule has 5 nitrogen and oxygen atoms in total. The number of esters is 1. The number of carbonyl (C=O) groups excluding carboxylic acids is 2. The van der Waals surface area contributed by atoms with Crippen LogP contribution in [-0.4, -0.2) is 31.3 Å². The lowest BCUT2D eigenvalue weighted by Crippen LogP contribution is -2.31. The zero-order chi connectivity index (χ0) is 12.8. The second-order valence-electron chi connectivity index (χ2n) is 4.07. The molecular weight excluding hydrogens is 210 g/mol. The highest BCUT2D eigenvalue weighted by atomic mass is 16.6. The Bertz CT molecular complexity index is 284. The second-order valence-corrected chi connectivity index (χ2v) is 4.07. The summed E-state index contributed by atoms with van der Waals surface area (Å²) in [5, 5.41) is 2.33. The van der Waals surface area contributed by atoms with E-state index in [1.54, 1.807) is 20.8 Å². The predicted octanol–water partition coefficient (Wildman–Crippen LogP) is 1.63. The Morgan fingerprint density at radius 2 is 1.94 bits per heavy atom. The van der Waals surface area contributed by atoms with Crippen LogP contribution in [0.2, 0.25) is 0 Å². The van der Waals surface area contributed by atoms with Gasteiger partial charge >= 0.3 is 12.1 Å². The van der Waals surface area contributed by atoms with Gasteiger partial charge in [-0.05, 0) is 20.8 Å². The molecule has 0 bridgehead atoms. The first-order valence-electron chi connectivity index (χ1n) is 5.02. The fourth-order valence-electron chi connectivity index (χ4n) is 0.851. The van der Waals surface area contributed by atoms with Crippen LogP contribution in [0.25, 0.3) is 0 Å². The summed E-state index contributed by atoms with van der Waals surface area (Å²) >= 11 is 0. The van der Waals surface area contributed by atoms with Crippen molar-refractivity contribution in [3.8, 4) is 0 Å². The van der Waals surface area contributed by atoms with Crippen LogP contribution < -0.4 is 5.32 Å². The fraction of sp³-hybridized carbons (Fsp3) is 0.636. The molecule has 92 valence electrons. The van der Waals surface area contributed by atoms with Gasteiger partial charge in [0.1, 0.15) is 5.60 Å². The van der Waals surface area contributed by atoms with Gasteiger partial charge in [-0.3, -0.25) is 0 Å². The predicted molar refractivity (Wildman–Crippen MR) is 60.0 cm³/mol. The number of rotatable bonds is 5. The van der Waals surface area contributed by atoms with E-state index in [4.69, 9.17) is 9.47 Å². The Labute approximate surface area is 95.8 Å². The molecule has 0 saturated carbocycles. The summed E-state index contributed by atoms with van der Waals surface area (Å²) in [6.07, 6.45) is -0.0681. The number of hydrogen-bond donors (Lipinski definition) is 1. The van der Waals surface area contributed by atoms with Gasteiger partial charge in [0, 0.05) is 19.0 Å². The van der Waals surface area contributed by atoms with Gasteiger partial charge < -0.3 is 14.8 Å². The van der Waals surface area contributed by atoms with Gasteiger partial charge in [-0.15, -0.1) is 0 Å². The molecule has 5 heteroatoms. The topological polar surface area (TPSA) is 64.6 Å². The van der Waals surface area contributed by atoms with Gasteiger partial charge in [-0.2, -0.15) is 0 Å². The molecule has 0 aromatic rings. The monoisotopic (exact) mass is 229 g/mol. The molecule has 0 fully saturated rings. The largest absolute Gasteiger partial charge is 0.456 e. The van der Waals surface area contributed by atoms with E-state index in [0.717, 1.165) is 0 Å². The van der Waals surface area contributed by atoms with Crippen molar-refractivity contribution in [1.82, 2.24) is 5.32 Å². The number of amides is 1. The molecular formula is C11H19NO4. The normalized spacial score (nSPS) is 10.5. The highest BCUT2D eigenvalue weighted by Gasteiger charge is 2.23. The quantitative estimate of drug-likeness (QED) is 0.575. The van der Waals surface area contributed by atoms with Crippen LogP contribution in [0.1, 0.15) is 27.2 Å². The van der Waals surface area contributed by atoms with Crippen LogP contribution >= 0.6 is 0 Å². The molecule has 0 unspecified atom stereocenters. The van der Waals surface area contributed by atoms with Crippen molar-refractivity contribution in [2.45, 2.75) is 32.8 Å². The highest BCUT2D eigenvalue weighted by molar-refractivity contribution is 5.87. The molecule has 0 aromatic heterocycles. The third-order valence-corrected chi connectivity index (χ3v) is 1.86. The van der Waals surface area contributed by atoms with E-state index in [9.17, 15) is 9.59 Å². The lowest BCUT2D eigenvalue weighted by molar-refractivity contribution is -0.152. The van der Waals surface area contributed by atoms with Gasteiger partial charge in [-0.25, -0.2) is 9.59 Å². The summed E-state index contributed by atoms with van der Waals surface area (Å²) in [5.41, 5.74) is -0.329. The summed E-state index contributed by atoms with van der Waals surface area (Å²) in [6, 6.07) is 0. The average Bonchev–Trinajstić information content (AvgIpc) is 2.16. The van der Waals surface area contributed by atoms with E-state index >= 15 is 0 Å². The third-order valence-electron chi connectivity index (χ3n) is 1.86. The molecule has 0 spiro atoms. The Kier molecular flexibility index (Phi) is 5.56. The molecule has 0 rings (SSSR count). The van der Waals surface area contributed by atoms with E-state index in [1.807, 2.05) is 0 Å². The molecule has 0 aliphatic heterocycles. The van der Waals surface area contributed by atoms with E-state index < -0.39 is 17.7 Å². The second kappa shape index (κ2) is 6.15. The van der Waals surface area contributed by atoms with Crippen molar-refractivity contribution < 1.29 is 19.1 Å². The van der Waals surface area contributed by atoms with Crippen molar-refractivity contribution in [1.29, 1.82) is 0 Å². The van der Waals surface area contributed by atoms with Crippen molar-refractivity contribution in [2.24, 2.45) is 0 Å². The Morgan fingerprint density at radius 1 is 1.38 bits per heavy atom. The third kappa shape index (κ3) is 6.06. The SMILES string of the molecule is C=C(C)C(=O)OC(C)(C)CCOC(=O)NC. The maximum absolute atomic E-state index is 11.3. The smallest absolute Gasteiger partial charge is 0.406 e. The van der Waals surface area contributed by atoms with E-state index in [2.05, 4.69) is 11.9 Å². The molecule has 0 aliphatic carbocycles. The van der Waals surface area contributed by atoms with Gasteiger partial charge in [0.05, 0.1) is 6.61 Å². The molecule has 1 N–H and O–H groups in total. The van der Waals surface area contributed by atoms with Gasteiger partial charge in [0.15, 0.2) is 0 Å².